The van der Waals surface area contributed by atoms with E-state index in [4.69, 9.17) is 4.74 Å². The summed E-state index contributed by atoms with van der Waals surface area (Å²) in [6, 6.07) is 21.6. The molecule has 5 heteroatoms. The summed E-state index contributed by atoms with van der Waals surface area (Å²) in [5, 5.41) is 2.33. The zero-order chi connectivity index (χ0) is 21.4. The summed E-state index contributed by atoms with van der Waals surface area (Å²) in [6.45, 7) is 7.31. The molecule has 1 aliphatic rings. The molecule has 158 valence electrons. The first-order valence-corrected chi connectivity index (χ1v) is 11.9. The lowest BCUT2D eigenvalue weighted by Gasteiger charge is -2.31. The molecule has 0 aromatic heterocycles. The third-order valence-electron chi connectivity index (χ3n) is 5.78. The van der Waals surface area contributed by atoms with Gasteiger partial charge in [0.2, 0.25) is 10.0 Å². The maximum atomic E-state index is 13.0. The fraction of sp³-hybridized carbons (Fsp3) is 0.360. The predicted molar refractivity (Wildman–Crippen MR) is 121 cm³/mol. The Morgan fingerprint density at radius 3 is 2.13 bits per heavy atom. The summed E-state index contributed by atoms with van der Waals surface area (Å²) in [5.41, 5.74) is 1.13. The Morgan fingerprint density at radius 1 is 0.867 bits per heavy atom. The quantitative estimate of drug-likeness (QED) is 0.567. The second kappa shape index (κ2) is 8.05. The third kappa shape index (κ3) is 4.37. The Balaban J connectivity index is 1.40. The highest BCUT2D eigenvalue weighted by Gasteiger charge is 2.30. The number of benzene rings is 3. The van der Waals surface area contributed by atoms with Crippen molar-refractivity contribution in [3.05, 3.63) is 72.3 Å². The van der Waals surface area contributed by atoms with Crippen LogP contribution in [0.2, 0.25) is 0 Å². The van der Waals surface area contributed by atoms with E-state index in [1.54, 1.807) is 16.4 Å². The molecule has 1 fully saturated rings. The lowest BCUT2D eigenvalue weighted by Crippen LogP contribution is -2.41. The maximum Gasteiger partial charge on any atom is 0.243 e. The molecule has 1 saturated heterocycles. The summed E-state index contributed by atoms with van der Waals surface area (Å²) >= 11 is 0. The van der Waals surface area contributed by atoms with Crippen LogP contribution < -0.4 is 4.74 Å². The zero-order valence-corrected chi connectivity index (χ0v) is 18.7. The number of hydrogen-bond donors (Lipinski definition) is 0. The van der Waals surface area contributed by atoms with Gasteiger partial charge in [-0.05, 0) is 58.9 Å². The van der Waals surface area contributed by atoms with Crippen LogP contribution in [0.5, 0.6) is 5.75 Å². The Morgan fingerprint density at radius 2 is 1.50 bits per heavy atom. The van der Waals surface area contributed by atoms with Crippen molar-refractivity contribution in [2.45, 2.75) is 50.0 Å². The molecule has 30 heavy (non-hydrogen) atoms. The number of piperidine rings is 1. The second-order valence-corrected chi connectivity index (χ2v) is 10.9. The Kier molecular flexibility index (Phi) is 5.60. The summed E-state index contributed by atoms with van der Waals surface area (Å²) in [7, 11) is -3.47. The van der Waals surface area contributed by atoms with E-state index in [2.05, 4.69) is 45.0 Å². The number of fused-ring (bicyclic) bond motifs is 1. The van der Waals surface area contributed by atoms with E-state index in [0.29, 0.717) is 30.8 Å². The van der Waals surface area contributed by atoms with Crippen LogP contribution >= 0.6 is 0 Å². The van der Waals surface area contributed by atoms with Gasteiger partial charge in [-0.25, -0.2) is 8.42 Å². The van der Waals surface area contributed by atoms with Gasteiger partial charge < -0.3 is 4.74 Å². The Hall–Kier alpha value is -2.37. The summed E-state index contributed by atoms with van der Waals surface area (Å²) in [6.07, 6.45) is 1.40. The van der Waals surface area contributed by atoms with Crippen molar-refractivity contribution < 1.29 is 13.2 Å². The normalized spacial score (nSPS) is 16.6. The molecule has 0 amide bonds. The van der Waals surface area contributed by atoms with Gasteiger partial charge in [-0.15, -0.1) is 0 Å². The van der Waals surface area contributed by atoms with Crippen molar-refractivity contribution in [1.82, 2.24) is 4.31 Å². The topological polar surface area (TPSA) is 46.6 Å². The van der Waals surface area contributed by atoms with E-state index >= 15 is 0 Å². The van der Waals surface area contributed by atoms with Crippen molar-refractivity contribution in [2.24, 2.45) is 0 Å². The SMILES string of the molecule is CC(C)(C)c1ccc(S(=O)(=O)N2CCC(Oc3ccc4ccccc4c3)CC2)cc1. The van der Waals surface area contributed by atoms with Gasteiger partial charge in [0, 0.05) is 13.1 Å². The Labute approximate surface area is 179 Å². The van der Waals surface area contributed by atoms with Gasteiger partial charge in [0.1, 0.15) is 11.9 Å². The smallest absolute Gasteiger partial charge is 0.243 e. The summed E-state index contributed by atoms with van der Waals surface area (Å²) < 4.78 is 33.8. The zero-order valence-electron chi connectivity index (χ0n) is 17.8. The molecule has 1 heterocycles. The van der Waals surface area contributed by atoms with Crippen LogP contribution in [0.15, 0.2) is 71.6 Å². The molecule has 0 unspecified atom stereocenters. The van der Waals surface area contributed by atoms with Crippen molar-refractivity contribution >= 4 is 20.8 Å². The van der Waals surface area contributed by atoms with Crippen LogP contribution in [-0.2, 0) is 15.4 Å². The van der Waals surface area contributed by atoms with Gasteiger partial charge in [0.05, 0.1) is 4.90 Å². The number of ether oxygens (including phenoxy) is 1. The molecule has 3 aromatic rings. The van der Waals surface area contributed by atoms with Gasteiger partial charge in [-0.1, -0.05) is 63.2 Å². The molecule has 0 aliphatic carbocycles. The van der Waals surface area contributed by atoms with Crippen molar-refractivity contribution in [1.29, 1.82) is 0 Å². The average Bonchev–Trinajstić information content (AvgIpc) is 2.73. The first-order chi connectivity index (χ1) is 14.2. The molecule has 0 spiro atoms. The first kappa shape index (κ1) is 20.9. The minimum Gasteiger partial charge on any atom is -0.490 e. The van der Waals surface area contributed by atoms with Crippen molar-refractivity contribution in [3.8, 4) is 5.75 Å². The average molecular weight is 424 g/mol. The van der Waals surface area contributed by atoms with Crippen molar-refractivity contribution in [3.63, 3.8) is 0 Å². The molecule has 0 bridgehead atoms. The maximum absolute atomic E-state index is 13.0. The predicted octanol–water partition coefficient (Wildman–Crippen LogP) is 5.37. The van der Waals surface area contributed by atoms with Crippen LogP contribution in [-0.4, -0.2) is 31.9 Å². The molecule has 0 saturated carbocycles. The minimum atomic E-state index is -3.47. The molecule has 3 aromatic carbocycles. The number of sulfonamides is 1. The van der Waals surface area contributed by atoms with Gasteiger partial charge in [0.25, 0.3) is 0 Å². The molecule has 0 N–H and O–H groups in total. The highest BCUT2D eigenvalue weighted by Crippen LogP contribution is 2.28. The monoisotopic (exact) mass is 423 g/mol. The van der Waals surface area contributed by atoms with E-state index in [-0.39, 0.29) is 11.5 Å². The van der Waals surface area contributed by atoms with Gasteiger partial charge in [-0.2, -0.15) is 4.31 Å². The van der Waals surface area contributed by atoms with Crippen molar-refractivity contribution in [2.75, 3.05) is 13.1 Å². The van der Waals surface area contributed by atoms with E-state index < -0.39 is 10.0 Å². The Bertz CT molecular complexity index is 1120. The molecule has 4 nitrogen and oxygen atoms in total. The lowest BCUT2D eigenvalue weighted by molar-refractivity contribution is 0.135. The van der Waals surface area contributed by atoms with Crippen LogP contribution in [0.3, 0.4) is 0 Å². The molecule has 1 aliphatic heterocycles. The molecular weight excluding hydrogens is 394 g/mol. The highest BCUT2D eigenvalue weighted by molar-refractivity contribution is 7.89. The largest absolute Gasteiger partial charge is 0.490 e. The summed E-state index contributed by atoms with van der Waals surface area (Å²) in [5.74, 6) is 0.841. The van der Waals surface area contributed by atoms with E-state index in [9.17, 15) is 8.42 Å². The molecular formula is C25H29NO3S. The van der Waals surface area contributed by atoms with Gasteiger partial charge in [-0.3, -0.25) is 0 Å². The van der Waals surface area contributed by atoms with Crippen LogP contribution in [0.25, 0.3) is 10.8 Å². The molecule has 0 atom stereocenters. The number of rotatable bonds is 4. The third-order valence-corrected chi connectivity index (χ3v) is 7.70. The van der Waals surface area contributed by atoms with Gasteiger partial charge in [0.15, 0.2) is 0 Å². The second-order valence-electron chi connectivity index (χ2n) is 9.00. The fourth-order valence-electron chi connectivity index (χ4n) is 3.90. The number of hydrogen-bond acceptors (Lipinski definition) is 3. The molecule has 4 rings (SSSR count). The lowest BCUT2D eigenvalue weighted by atomic mass is 9.87. The van der Waals surface area contributed by atoms with E-state index in [1.807, 2.05) is 30.3 Å². The van der Waals surface area contributed by atoms with Gasteiger partial charge >= 0.3 is 0 Å². The highest BCUT2D eigenvalue weighted by atomic mass is 32.2. The van der Waals surface area contributed by atoms with Crippen LogP contribution in [0.1, 0.15) is 39.2 Å². The number of nitrogens with zero attached hydrogens (tertiary/aromatic N) is 1. The minimum absolute atomic E-state index is 0.000734. The first-order valence-electron chi connectivity index (χ1n) is 10.5. The van der Waals surface area contributed by atoms with E-state index in [0.717, 1.165) is 16.7 Å². The summed E-state index contributed by atoms with van der Waals surface area (Å²) in [4.78, 5) is 0.365. The fourth-order valence-corrected chi connectivity index (χ4v) is 5.37. The van der Waals surface area contributed by atoms with E-state index in [1.165, 1.54) is 5.39 Å². The molecule has 0 radical (unpaired) electrons. The standard InChI is InChI=1S/C25H29NO3S/c1-25(2,3)21-9-12-24(13-10-21)30(27,28)26-16-14-22(15-17-26)29-23-11-8-19-6-4-5-7-20(19)18-23/h4-13,18,22H,14-17H2,1-3H3. The van der Waals surface area contributed by atoms with Crippen LogP contribution in [0, 0.1) is 0 Å². The van der Waals surface area contributed by atoms with Crippen LogP contribution in [0.4, 0.5) is 0 Å².